The van der Waals surface area contributed by atoms with E-state index in [-0.39, 0.29) is 5.75 Å². The van der Waals surface area contributed by atoms with Crippen LogP contribution in [0.3, 0.4) is 0 Å². The molecule has 6 heteroatoms. The van der Waals surface area contributed by atoms with Gasteiger partial charge >= 0.3 is 6.18 Å². The Morgan fingerprint density at radius 3 is 2.57 bits per heavy atom. The molecule has 118 valence electrons. The molecular weight excluding hydrogens is 301 g/mol. The van der Waals surface area contributed by atoms with Gasteiger partial charge in [0.05, 0.1) is 13.3 Å². The van der Waals surface area contributed by atoms with Gasteiger partial charge in [-0.1, -0.05) is 38.6 Å². The van der Waals surface area contributed by atoms with E-state index >= 15 is 0 Å². The lowest BCUT2D eigenvalue weighted by Crippen LogP contribution is -2.19. The average molecular weight is 322 g/mol. The summed E-state index contributed by atoms with van der Waals surface area (Å²) in [4.78, 5) is 12.0. The Morgan fingerprint density at radius 1 is 1.43 bits per heavy atom. The quantitative estimate of drug-likeness (QED) is 0.787. The molecule has 1 aromatic carbocycles. The molecular formula is C15H19F3O2S. The molecule has 0 amide bonds. The predicted octanol–water partition coefficient (Wildman–Crippen LogP) is 4.92. The number of hydrogen-bond acceptors (Lipinski definition) is 3. The van der Waals surface area contributed by atoms with Gasteiger partial charge in [-0.3, -0.25) is 4.79 Å². The van der Waals surface area contributed by atoms with Crippen LogP contribution in [0.2, 0.25) is 0 Å². The van der Waals surface area contributed by atoms with E-state index in [2.05, 4.69) is 0 Å². The smallest absolute Gasteiger partial charge is 0.416 e. The van der Waals surface area contributed by atoms with Crippen LogP contribution in [-0.4, -0.2) is 15.9 Å². The van der Waals surface area contributed by atoms with Crippen molar-refractivity contribution in [3.63, 3.8) is 0 Å². The summed E-state index contributed by atoms with van der Waals surface area (Å²) in [6.07, 6.45) is -8.09. The first-order chi connectivity index (χ1) is 10.2. The van der Waals surface area contributed by atoms with Gasteiger partial charge in [0.15, 0.2) is 5.12 Å². The second-order valence-electron chi connectivity index (χ2n) is 5.42. The maximum Gasteiger partial charge on any atom is 0.416 e. The van der Waals surface area contributed by atoms with Crippen molar-refractivity contribution in [2.75, 3.05) is 0 Å². The molecule has 0 spiro atoms. The molecule has 2 nitrogen and oxygen atoms in total. The lowest BCUT2D eigenvalue weighted by Gasteiger charge is -2.19. The van der Waals surface area contributed by atoms with E-state index in [1.54, 1.807) is 20.8 Å². The molecule has 0 aliphatic heterocycles. The van der Waals surface area contributed by atoms with Crippen molar-refractivity contribution in [1.82, 2.24) is 0 Å². The Bertz CT molecular complexity index is 569. The highest BCUT2D eigenvalue weighted by molar-refractivity contribution is 8.14. The number of benzene rings is 1. The number of carbonyl (C=O) groups is 1. The topological polar surface area (TPSA) is 26.3 Å². The van der Waals surface area contributed by atoms with Crippen LogP contribution in [-0.2, 0) is 11.0 Å². The van der Waals surface area contributed by atoms with Gasteiger partial charge in [0, 0.05) is 6.12 Å². The molecule has 0 aliphatic carbocycles. The summed E-state index contributed by atoms with van der Waals surface area (Å²) in [5, 5.41) is -0.568. The summed E-state index contributed by atoms with van der Waals surface area (Å²) in [6, 6.07) is 4.04. The Balaban J connectivity index is 2.92. The minimum atomic E-state index is -4.53. The molecule has 0 aliphatic rings. The molecule has 1 rings (SSSR count). The van der Waals surface area contributed by atoms with Crippen LogP contribution in [0.25, 0.3) is 0 Å². The van der Waals surface area contributed by atoms with Gasteiger partial charge in [-0.25, -0.2) is 0 Å². The third-order valence-corrected chi connectivity index (χ3v) is 3.10. The minimum Gasteiger partial charge on any atom is -0.490 e. The standard InChI is InChI=1S/C15H19F3O2S/c1-10(8-13(19)21-14(2,3)4)20-12-7-5-6-11(9-12)15(16,17)18/h5-7,9-10H,8H2,1-4H3/t10-/m1/s1/i8D,10D/t8-,10+/m0. The number of alkyl halides is 3. The van der Waals surface area contributed by atoms with Crippen molar-refractivity contribution in [2.24, 2.45) is 0 Å². The molecule has 0 bridgehead atoms. The van der Waals surface area contributed by atoms with Gasteiger partial charge in [0.1, 0.15) is 11.8 Å². The average Bonchev–Trinajstić information content (AvgIpc) is 2.34. The van der Waals surface area contributed by atoms with Gasteiger partial charge in [-0.15, -0.1) is 0 Å². The van der Waals surface area contributed by atoms with E-state index in [0.29, 0.717) is 0 Å². The van der Waals surface area contributed by atoms with Crippen molar-refractivity contribution < 1.29 is 25.4 Å². The molecule has 0 fully saturated rings. The first-order valence-electron chi connectivity index (χ1n) is 7.31. The summed E-state index contributed by atoms with van der Waals surface area (Å²) in [6.45, 7) is 6.55. The maximum absolute atomic E-state index is 12.7. The van der Waals surface area contributed by atoms with Crippen LogP contribution in [0.15, 0.2) is 24.3 Å². The van der Waals surface area contributed by atoms with E-state index in [1.165, 1.54) is 13.0 Å². The number of thioether (sulfide) groups is 1. The molecule has 1 aromatic rings. The molecule has 0 saturated carbocycles. The first-order valence-corrected chi connectivity index (χ1v) is 7.05. The van der Waals surface area contributed by atoms with Crippen molar-refractivity contribution in [3.8, 4) is 5.75 Å². The monoisotopic (exact) mass is 322 g/mol. The third-order valence-electron chi connectivity index (χ3n) is 2.17. The number of hydrogen-bond donors (Lipinski definition) is 0. The first kappa shape index (κ1) is 14.8. The number of ether oxygens (including phenoxy) is 1. The second kappa shape index (κ2) is 6.73. The van der Waals surface area contributed by atoms with Crippen LogP contribution in [0.4, 0.5) is 13.2 Å². The highest BCUT2D eigenvalue weighted by atomic mass is 32.2. The molecule has 0 N–H and O–H groups in total. The maximum atomic E-state index is 12.7. The zero-order chi connectivity index (χ0) is 18.1. The molecule has 0 radical (unpaired) electrons. The Morgan fingerprint density at radius 2 is 2.05 bits per heavy atom. The van der Waals surface area contributed by atoms with Gasteiger partial charge in [-0.2, -0.15) is 13.2 Å². The summed E-state index contributed by atoms with van der Waals surface area (Å²) < 4.78 is 58.7. The third kappa shape index (κ3) is 6.89. The number of rotatable bonds is 4. The van der Waals surface area contributed by atoms with Crippen molar-refractivity contribution >= 4 is 16.9 Å². The molecule has 0 unspecified atom stereocenters. The molecule has 0 heterocycles. The molecule has 0 aromatic heterocycles. The Kier molecular flexibility index (Phi) is 4.73. The van der Waals surface area contributed by atoms with Crippen LogP contribution in [0.5, 0.6) is 5.75 Å². The fourth-order valence-corrected chi connectivity index (χ4v) is 2.28. The van der Waals surface area contributed by atoms with Gasteiger partial charge in [0.2, 0.25) is 0 Å². The van der Waals surface area contributed by atoms with E-state index in [4.69, 9.17) is 7.48 Å². The SMILES string of the molecule is [2H][C@H](C(=O)SC(C)(C)C)[C@@]([2H])(C)Oc1cccc(C(F)(F)F)c1. The Hall–Kier alpha value is -1.17. The predicted molar refractivity (Wildman–Crippen MR) is 78.5 cm³/mol. The number of carbonyl (C=O) groups excluding carboxylic acids is 1. The summed E-state index contributed by atoms with van der Waals surface area (Å²) >= 11 is 0.903. The minimum absolute atomic E-state index is 0.205. The fraction of sp³-hybridized carbons (Fsp3) is 0.533. The van der Waals surface area contributed by atoms with Crippen LogP contribution >= 0.6 is 11.8 Å². The highest BCUT2D eigenvalue weighted by Gasteiger charge is 2.30. The molecule has 21 heavy (non-hydrogen) atoms. The van der Waals surface area contributed by atoms with Crippen LogP contribution in [0, 0.1) is 0 Å². The van der Waals surface area contributed by atoms with Crippen LogP contribution < -0.4 is 4.74 Å². The summed E-state index contributed by atoms with van der Waals surface area (Å²) in [5.41, 5.74) is -0.914. The zero-order valence-corrected chi connectivity index (χ0v) is 13.1. The highest BCUT2D eigenvalue weighted by Crippen LogP contribution is 2.32. The normalized spacial score (nSPS) is 18.2. The number of halogens is 3. The fourth-order valence-electron chi connectivity index (χ4n) is 1.45. The molecule has 0 saturated heterocycles. The lowest BCUT2D eigenvalue weighted by molar-refractivity contribution is -0.137. The lowest BCUT2D eigenvalue weighted by atomic mass is 10.2. The zero-order valence-electron chi connectivity index (χ0n) is 14.2. The van der Waals surface area contributed by atoms with Gasteiger partial charge in [0.25, 0.3) is 0 Å². The van der Waals surface area contributed by atoms with Gasteiger partial charge < -0.3 is 4.74 Å². The van der Waals surface area contributed by atoms with Crippen molar-refractivity contribution in [3.05, 3.63) is 29.8 Å². The van der Waals surface area contributed by atoms with E-state index < -0.39 is 34.1 Å². The second-order valence-corrected chi connectivity index (χ2v) is 7.25. The van der Waals surface area contributed by atoms with E-state index in [0.717, 1.165) is 30.0 Å². The Labute approximate surface area is 129 Å². The van der Waals surface area contributed by atoms with E-state index in [1.807, 2.05) is 0 Å². The van der Waals surface area contributed by atoms with E-state index in [9.17, 15) is 18.0 Å². The summed E-state index contributed by atoms with van der Waals surface area (Å²) in [5.74, 6) is -0.205. The molecule has 2 atom stereocenters. The van der Waals surface area contributed by atoms with Crippen molar-refractivity contribution in [2.45, 2.75) is 51.1 Å². The summed E-state index contributed by atoms with van der Waals surface area (Å²) in [7, 11) is 0. The van der Waals surface area contributed by atoms with Crippen LogP contribution in [0.1, 0.15) is 42.4 Å². The largest absolute Gasteiger partial charge is 0.490 e. The van der Waals surface area contributed by atoms with Crippen molar-refractivity contribution in [1.29, 1.82) is 0 Å². The van der Waals surface area contributed by atoms with Gasteiger partial charge in [-0.05, 0) is 25.1 Å².